The monoisotopic (exact) mass is 314 g/mol. The molecule has 1 saturated carbocycles. The number of nitrogens with zero attached hydrogens (tertiary/aromatic N) is 2. The molecule has 0 spiro atoms. The second-order valence-electron chi connectivity index (χ2n) is 5.43. The lowest BCUT2D eigenvalue weighted by atomic mass is 9.76. The summed E-state index contributed by atoms with van der Waals surface area (Å²) in [5.41, 5.74) is 1.04. The Hall–Kier alpha value is -0.350. The molecule has 1 heterocycles. The molecular weight excluding hydrogens is 292 g/mol. The number of rotatable bonds is 5. The van der Waals surface area contributed by atoms with Gasteiger partial charge in [-0.25, -0.2) is 0 Å². The van der Waals surface area contributed by atoms with Crippen molar-refractivity contribution >= 4 is 15.9 Å². The van der Waals surface area contributed by atoms with Gasteiger partial charge in [0, 0.05) is 12.0 Å². The highest BCUT2D eigenvalue weighted by molar-refractivity contribution is 9.10. The first kappa shape index (κ1) is 14.1. The van der Waals surface area contributed by atoms with Crippen LogP contribution in [-0.4, -0.2) is 14.9 Å². The van der Waals surface area contributed by atoms with Crippen molar-refractivity contribution in [3.05, 3.63) is 16.4 Å². The Morgan fingerprint density at radius 3 is 2.67 bits per heavy atom. The van der Waals surface area contributed by atoms with Crippen LogP contribution in [0, 0.1) is 5.41 Å². The maximum atomic E-state index is 10.9. The van der Waals surface area contributed by atoms with Gasteiger partial charge in [0.25, 0.3) is 0 Å². The summed E-state index contributed by atoms with van der Waals surface area (Å²) in [7, 11) is 0. The normalized spacial score (nSPS) is 20.2. The molecule has 0 bridgehead atoms. The molecule has 1 unspecified atom stereocenters. The van der Waals surface area contributed by atoms with Gasteiger partial charge in [0.1, 0.15) is 6.10 Å². The van der Waals surface area contributed by atoms with E-state index in [-0.39, 0.29) is 5.41 Å². The average Bonchev–Trinajstić information content (AvgIpc) is 2.97. The molecule has 1 atom stereocenters. The zero-order valence-electron chi connectivity index (χ0n) is 11.3. The van der Waals surface area contributed by atoms with E-state index in [0.717, 1.165) is 42.4 Å². The van der Waals surface area contributed by atoms with Crippen molar-refractivity contribution in [1.29, 1.82) is 0 Å². The highest BCUT2D eigenvalue weighted by Gasteiger charge is 2.41. The number of halogens is 1. The number of aliphatic hydroxyl groups is 1. The van der Waals surface area contributed by atoms with Crippen LogP contribution in [0.25, 0.3) is 0 Å². The fourth-order valence-corrected chi connectivity index (χ4v) is 3.74. The van der Waals surface area contributed by atoms with Crippen molar-refractivity contribution in [2.45, 2.75) is 65.0 Å². The van der Waals surface area contributed by atoms with E-state index < -0.39 is 6.10 Å². The summed E-state index contributed by atoms with van der Waals surface area (Å²) >= 11 is 3.54. The third-order valence-corrected chi connectivity index (χ3v) is 5.02. The van der Waals surface area contributed by atoms with Crippen molar-refractivity contribution in [1.82, 2.24) is 9.78 Å². The molecule has 1 N–H and O–H groups in total. The Morgan fingerprint density at radius 1 is 1.44 bits per heavy atom. The number of aromatic nitrogens is 2. The van der Waals surface area contributed by atoms with Crippen LogP contribution in [0.1, 0.15) is 64.2 Å². The molecular formula is C14H23BrN2O. The predicted molar refractivity (Wildman–Crippen MR) is 76.4 cm³/mol. The van der Waals surface area contributed by atoms with Gasteiger partial charge in [-0.2, -0.15) is 5.10 Å². The predicted octanol–water partition coefficient (Wildman–Crippen LogP) is 4.06. The van der Waals surface area contributed by atoms with Crippen LogP contribution >= 0.6 is 15.9 Å². The van der Waals surface area contributed by atoms with Gasteiger partial charge in [-0.05, 0) is 41.6 Å². The third-order valence-electron chi connectivity index (χ3n) is 4.41. The smallest absolute Gasteiger partial charge is 0.102 e. The van der Waals surface area contributed by atoms with Crippen LogP contribution in [0.4, 0.5) is 0 Å². The molecule has 1 aromatic rings. The van der Waals surface area contributed by atoms with Gasteiger partial charge in [0.15, 0.2) is 0 Å². The van der Waals surface area contributed by atoms with Crippen LogP contribution < -0.4 is 0 Å². The Kier molecular flexibility index (Phi) is 4.49. The number of hydrogen-bond acceptors (Lipinski definition) is 2. The van der Waals surface area contributed by atoms with Gasteiger partial charge in [-0.1, -0.05) is 26.7 Å². The maximum Gasteiger partial charge on any atom is 0.102 e. The van der Waals surface area contributed by atoms with E-state index in [1.165, 1.54) is 12.8 Å². The van der Waals surface area contributed by atoms with Crippen molar-refractivity contribution in [3.63, 3.8) is 0 Å². The number of aliphatic hydroxyl groups excluding tert-OH is 1. The summed E-state index contributed by atoms with van der Waals surface area (Å²) in [4.78, 5) is 0. The molecule has 1 fully saturated rings. The summed E-state index contributed by atoms with van der Waals surface area (Å²) in [6, 6.07) is 0. The molecule has 0 aliphatic heterocycles. The summed E-state index contributed by atoms with van der Waals surface area (Å²) in [6.45, 7) is 5.21. The fourth-order valence-electron chi connectivity index (χ4n) is 3.22. The van der Waals surface area contributed by atoms with Crippen LogP contribution in [0.5, 0.6) is 0 Å². The minimum atomic E-state index is -0.395. The Labute approximate surface area is 118 Å². The molecule has 0 amide bonds. The van der Waals surface area contributed by atoms with Crippen molar-refractivity contribution < 1.29 is 5.11 Å². The van der Waals surface area contributed by atoms with E-state index in [2.05, 4.69) is 34.9 Å². The maximum absolute atomic E-state index is 10.9. The Bertz CT molecular complexity index is 396. The van der Waals surface area contributed by atoms with Gasteiger partial charge < -0.3 is 5.11 Å². The largest absolute Gasteiger partial charge is 0.386 e. The van der Waals surface area contributed by atoms with Crippen molar-refractivity contribution in [2.24, 2.45) is 5.41 Å². The first-order valence-electron chi connectivity index (χ1n) is 7.04. The summed E-state index contributed by atoms with van der Waals surface area (Å²) in [6.07, 6.45) is 8.24. The number of hydrogen-bond donors (Lipinski definition) is 1. The first-order valence-corrected chi connectivity index (χ1v) is 7.83. The highest BCUT2D eigenvalue weighted by Crippen LogP contribution is 2.51. The molecule has 4 heteroatoms. The zero-order chi connectivity index (χ0) is 13.2. The summed E-state index contributed by atoms with van der Waals surface area (Å²) < 4.78 is 2.91. The highest BCUT2D eigenvalue weighted by atomic mass is 79.9. The van der Waals surface area contributed by atoms with E-state index in [0.29, 0.717) is 0 Å². The molecule has 0 radical (unpaired) electrons. The summed E-state index contributed by atoms with van der Waals surface area (Å²) in [5.74, 6) is 0. The van der Waals surface area contributed by atoms with E-state index in [9.17, 15) is 5.11 Å². The van der Waals surface area contributed by atoms with Crippen molar-refractivity contribution in [2.75, 3.05) is 0 Å². The lowest BCUT2D eigenvalue weighted by Crippen LogP contribution is -2.27. The molecule has 2 rings (SSSR count). The average molecular weight is 315 g/mol. The second-order valence-corrected chi connectivity index (χ2v) is 6.28. The molecule has 1 aromatic heterocycles. The lowest BCUT2D eigenvalue weighted by Gasteiger charge is -2.33. The molecule has 102 valence electrons. The van der Waals surface area contributed by atoms with Crippen LogP contribution in [0.2, 0.25) is 0 Å². The molecule has 0 aromatic carbocycles. The first-order chi connectivity index (χ1) is 8.64. The summed E-state index contributed by atoms with van der Waals surface area (Å²) in [5, 5.41) is 15.2. The molecule has 18 heavy (non-hydrogen) atoms. The Morgan fingerprint density at radius 2 is 2.11 bits per heavy atom. The van der Waals surface area contributed by atoms with Crippen LogP contribution in [0.15, 0.2) is 10.7 Å². The zero-order valence-corrected chi connectivity index (χ0v) is 12.9. The van der Waals surface area contributed by atoms with E-state index in [1.54, 1.807) is 0 Å². The van der Waals surface area contributed by atoms with Gasteiger partial charge in [0.2, 0.25) is 0 Å². The minimum absolute atomic E-state index is 0.0635. The quantitative estimate of drug-likeness (QED) is 0.890. The molecule has 1 aliphatic carbocycles. The van der Waals surface area contributed by atoms with Gasteiger partial charge in [-0.3, -0.25) is 4.68 Å². The van der Waals surface area contributed by atoms with Crippen LogP contribution in [0.3, 0.4) is 0 Å². The standard InChI is InChI=1S/C14H23BrN2O/c1-3-9-17-12(11(15)10-16-17)13(18)14(4-2)7-5-6-8-14/h10,13,18H,3-9H2,1-2H3. The topological polar surface area (TPSA) is 38.0 Å². The third kappa shape index (κ3) is 2.37. The minimum Gasteiger partial charge on any atom is -0.386 e. The van der Waals surface area contributed by atoms with Gasteiger partial charge in [-0.15, -0.1) is 0 Å². The fraction of sp³-hybridized carbons (Fsp3) is 0.786. The van der Waals surface area contributed by atoms with E-state index in [4.69, 9.17) is 0 Å². The second kappa shape index (κ2) is 5.74. The molecule has 0 saturated heterocycles. The van der Waals surface area contributed by atoms with Gasteiger partial charge in [0.05, 0.1) is 16.4 Å². The van der Waals surface area contributed by atoms with E-state index >= 15 is 0 Å². The SMILES string of the molecule is CCCn1ncc(Br)c1C(O)C1(CC)CCCC1. The Balaban J connectivity index is 2.32. The van der Waals surface area contributed by atoms with Gasteiger partial charge >= 0.3 is 0 Å². The van der Waals surface area contributed by atoms with Crippen molar-refractivity contribution in [3.8, 4) is 0 Å². The number of aryl methyl sites for hydroxylation is 1. The lowest BCUT2D eigenvalue weighted by molar-refractivity contribution is 0.0164. The molecule has 1 aliphatic rings. The molecule has 3 nitrogen and oxygen atoms in total. The van der Waals surface area contributed by atoms with E-state index in [1.807, 2.05) is 10.9 Å². The van der Waals surface area contributed by atoms with Crippen LogP contribution in [-0.2, 0) is 6.54 Å².